The molecule has 2 aromatic rings. The van der Waals surface area contributed by atoms with Gasteiger partial charge in [-0.15, -0.1) is 0 Å². The van der Waals surface area contributed by atoms with Gasteiger partial charge in [-0.05, 0) is 60.1 Å². The van der Waals surface area contributed by atoms with Crippen LogP contribution in [0.1, 0.15) is 17.5 Å². The highest BCUT2D eigenvalue weighted by Gasteiger charge is 2.27. The summed E-state index contributed by atoms with van der Waals surface area (Å²) < 4.78 is 5.49. The Labute approximate surface area is 186 Å². The Morgan fingerprint density at radius 3 is 2.81 bits per heavy atom. The summed E-state index contributed by atoms with van der Waals surface area (Å²) in [5, 5.41) is 15.7. The second kappa shape index (κ2) is 9.14. The molecule has 2 unspecified atom stereocenters. The number of carboxylic acids is 1. The number of allylic oxidation sites excluding steroid dienone is 2. The molecule has 31 heavy (non-hydrogen) atoms. The van der Waals surface area contributed by atoms with Crippen LogP contribution >= 0.6 is 12.2 Å². The molecular formula is C24H23N3O3S. The molecule has 0 radical (unpaired) electrons. The summed E-state index contributed by atoms with van der Waals surface area (Å²) in [6, 6.07) is 13.3. The second-order valence-electron chi connectivity index (χ2n) is 7.47. The van der Waals surface area contributed by atoms with E-state index in [9.17, 15) is 4.79 Å². The number of thiocarbonyl (C=S) groups is 1. The summed E-state index contributed by atoms with van der Waals surface area (Å²) in [6.45, 7) is 0. The zero-order chi connectivity index (χ0) is 21.8. The number of aliphatic carboxylic acids is 1. The van der Waals surface area contributed by atoms with Crippen molar-refractivity contribution in [1.29, 1.82) is 0 Å². The molecule has 0 spiro atoms. The van der Waals surface area contributed by atoms with Crippen LogP contribution < -0.4 is 15.4 Å². The molecule has 0 saturated heterocycles. The Morgan fingerprint density at radius 1 is 1.19 bits per heavy atom. The standard InChI is InChI=1S/C24H23N3O3S/c1-30-22-10-9-17(20-13-16-6-2-3-8-19(16)26-20)14-21(22)27-24(31)25-18-7-4-5-15(11-18)12-23(28)29/h2-11,14,16,19H,12-13H2,1H3,(H,28,29)(H2,25,27,31). The van der Waals surface area contributed by atoms with Crippen LogP contribution in [0.5, 0.6) is 5.75 Å². The molecule has 1 aliphatic carbocycles. The lowest BCUT2D eigenvalue weighted by atomic mass is 9.93. The van der Waals surface area contributed by atoms with Crippen LogP contribution in [0.4, 0.5) is 11.4 Å². The largest absolute Gasteiger partial charge is 0.495 e. The number of hydrogen-bond acceptors (Lipinski definition) is 4. The predicted octanol–water partition coefficient (Wildman–Crippen LogP) is 4.43. The van der Waals surface area contributed by atoms with E-state index in [1.807, 2.05) is 30.3 Å². The van der Waals surface area contributed by atoms with Crippen molar-refractivity contribution in [2.24, 2.45) is 10.9 Å². The molecular weight excluding hydrogens is 410 g/mol. The SMILES string of the molecule is COc1ccc(C2=NC3C=CC=CC3C2)cc1NC(=S)Nc1cccc(CC(=O)O)c1. The first kappa shape index (κ1) is 20.8. The van der Waals surface area contributed by atoms with Crippen LogP contribution in [-0.4, -0.2) is 35.1 Å². The van der Waals surface area contributed by atoms with Crippen molar-refractivity contribution in [2.45, 2.75) is 18.9 Å². The molecule has 1 aliphatic heterocycles. The van der Waals surface area contributed by atoms with E-state index in [1.165, 1.54) is 0 Å². The Kier molecular flexibility index (Phi) is 6.13. The maximum atomic E-state index is 10.9. The Morgan fingerprint density at radius 2 is 2.03 bits per heavy atom. The van der Waals surface area contributed by atoms with Crippen LogP contribution in [0.2, 0.25) is 0 Å². The number of carbonyl (C=O) groups is 1. The molecule has 2 atom stereocenters. The quantitative estimate of drug-likeness (QED) is 0.585. The Balaban J connectivity index is 1.49. The van der Waals surface area contributed by atoms with Crippen molar-refractivity contribution < 1.29 is 14.6 Å². The highest BCUT2D eigenvalue weighted by Crippen LogP contribution is 2.32. The van der Waals surface area contributed by atoms with Crippen molar-refractivity contribution in [1.82, 2.24) is 0 Å². The first-order valence-electron chi connectivity index (χ1n) is 10.0. The Hall–Kier alpha value is -3.45. The highest BCUT2D eigenvalue weighted by atomic mass is 32.1. The zero-order valence-corrected chi connectivity index (χ0v) is 17.9. The van der Waals surface area contributed by atoms with Gasteiger partial charge < -0.3 is 20.5 Å². The van der Waals surface area contributed by atoms with Crippen LogP contribution in [0.25, 0.3) is 0 Å². The number of rotatable bonds is 6. The first-order valence-corrected chi connectivity index (χ1v) is 10.4. The van der Waals surface area contributed by atoms with Crippen molar-refractivity contribution in [3.63, 3.8) is 0 Å². The lowest BCUT2D eigenvalue weighted by Crippen LogP contribution is -2.20. The van der Waals surface area contributed by atoms with Crippen LogP contribution in [0, 0.1) is 5.92 Å². The fourth-order valence-electron chi connectivity index (χ4n) is 3.82. The predicted molar refractivity (Wildman–Crippen MR) is 127 cm³/mol. The van der Waals surface area contributed by atoms with Crippen molar-refractivity contribution >= 4 is 40.4 Å². The van der Waals surface area contributed by atoms with E-state index in [0.29, 0.717) is 28.0 Å². The van der Waals surface area contributed by atoms with Crippen molar-refractivity contribution in [2.75, 3.05) is 17.7 Å². The van der Waals surface area contributed by atoms with Crippen LogP contribution in [0.3, 0.4) is 0 Å². The third-order valence-electron chi connectivity index (χ3n) is 5.27. The molecule has 2 aromatic carbocycles. The number of carboxylic acid groups (broad SMARTS) is 1. The second-order valence-corrected chi connectivity index (χ2v) is 7.88. The number of hydrogen-bond donors (Lipinski definition) is 3. The summed E-state index contributed by atoms with van der Waals surface area (Å²) in [5.41, 5.74) is 4.25. The number of benzene rings is 2. The molecule has 2 aliphatic rings. The molecule has 0 amide bonds. The third-order valence-corrected chi connectivity index (χ3v) is 5.48. The number of aliphatic imine (C=N–C) groups is 1. The van der Waals surface area contributed by atoms with E-state index in [2.05, 4.69) is 28.9 Å². The highest BCUT2D eigenvalue weighted by molar-refractivity contribution is 7.80. The van der Waals surface area contributed by atoms with E-state index in [0.717, 1.165) is 23.4 Å². The number of methoxy groups -OCH3 is 1. The normalized spacial score (nSPS) is 18.8. The average Bonchev–Trinajstić information content (AvgIpc) is 3.18. The van der Waals surface area contributed by atoms with Crippen LogP contribution in [-0.2, 0) is 11.2 Å². The van der Waals surface area contributed by atoms with Gasteiger partial charge in [0.15, 0.2) is 5.11 Å². The summed E-state index contributed by atoms with van der Waals surface area (Å²) in [4.78, 5) is 15.8. The maximum Gasteiger partial charge on any atom is 0.307 e. The van der Waals surface area contributed by atoms with Gasteiger partial charge in [0, 0.05) is 17.3 Å². The van der Waals surface area contributed by atoms with E-state index in [4.69, 9.17) is 27.1 Å². The molecule has 1 heterocycles. The summed E-state index contributed by atoms with van der Waals surface area (Å²) >= 11 is 5.48. The molecule has 6 nitrogen and oxygen atoms in total. The summed E-state index contributed by atoms with van der Waals surface area (Å²) in [6.07, 6.45) is 9.33. The number of nitrogens with one attached hydrogen (secondary N) is 2. The molecule has 3 N–H and O–H groups in total. The van der Waals surface area contributed by atoms with E-state index >= 15 is 0 Å². The number of fused-ring (bicyclic) bond motifs is 1. The lowest BCUT2D eigenvalue weighted by Gasteiger charge is -2.15. The minimum absolute atomic E-state index is 0.0416. The molecule has 0 aromatic heterocycles. The smallest absolute Gasteiger partial charge is 0.307 e. The molecule has 0 bridgehead atoms. The van der Waals surface area contributed by atoms with Gasteiger partial charge in [0.25, 0.3) is 0 Å². The van der Waals surface area contributed by atoms with Gasteiger partial charge in [-0.25, -0.2) is 0 Å². The van der Waals surface area contributed by atoms with Crippen LogP contribution in [0.15, 0.2) is 71.8 Å². The van der Waals surface area contributed by atoms with Gasteiger partial charge in [0.2, 0.25) is 0 Å². The van der Waals surface area contributed by atoms with Crippen molar-refractivity contribution in [3.8, 4) is 5.75 Å². The monoisotopic (exact) mass is 433 g/mol. The first-order chi connectivity index (χ1) is 15.0. The minimum atomic E-state index is -0.875. The van der Waals surface area contributed by atoms with Gasteiger partial charge in [-0.3, -0.25) is 9.79 Å². The fraction of sp³-hybridized carbons (Fsp3) is 0.208. The maximum absolute atomic E-state index is 10.9. The molecule has 7 heteroatoms. The molecule has 158 valence electrons. The minimum Gasteiger partial charge on any atom is -0.495 e. The molecule has 0 fully saturated rings. The number of nitrogens with zero attached hydrogens (tertiary/aromatic N) is 1. The average molecular weight is 434 g/mol. The van der Waals surface area contributed by atoms with E-state index < -0.39 is 5.97 Å². The Bertz CT molecular complexity index is 1110. The van der Waals surface area contributed by atoms with E-state index in [1.54, 1.807) is 25.3 Å². The summed E-state index contributed by atoms with van der Waals surface area (Å²) in [5.74, 6) is 0.211. The molecule has 4 rings (SSSR count). The van der Waals surface area contributed by atoms with Crippen molar-refractivity contribution in [3.05, 3.63) is 77.9 Å². The van der Waals surface area contributed by atoms with Gasteiger partial charge in [0.1, 0.15) is 5.75 Å². The number of ether oxygens (including phenoxy) is 1. The third kappa shape index (κ3) is 5.00. The van der Waals surface area contributed by atoms with E-state index in [-0.39, 0.29) is 12.5 Å². The van der Waals surface area contributed by atoms with Gasteiger partial charge in [-0.2, -0.15) is 0 Å². The number of anilines is 2. The van der Waals surface area contributed by atoms with Gasteiger partial charge in [0.05, 0.1) is 25.3 Å². The lowest BCUT2D eigenvalue weighted by molar-refractivity contribution is -0.136. The molecule has 0 saturated carbocycles. The fourth-order valence-corrected chi connectivity index (χ4v) is 4.05. The van der Waals surface area contributed by atoms with Gasteiger partial charge >= 0.3 is 5.97 Å². The topological polar surface area (TPSA) is 83.0 Å². The van der Waals surface area contributed by atoms with Gasteiger partial charge in [-0.1, -0.05) is 36.4 Å². The zero-order valence-electron chi connectivity index (χ0n) is 17.0. The summed E-state index contributed by atoms with van der Waals surface area (Å²) in [7, 11) is 1.61.